The number of benzene rings is 2. The second-order valence-electron chi connectivity index (χ2n) is 7.34. The minimum absolute atomic E-state index is 0.137. The highest BCUT2D eigenvalue weighted by Gasteiger charge is 2.14. The van der Waals surface area contributed by atoms with E-state index in [1.165, 1.54) is 23.2 Å². The smallest absolute Gasteiger partial charge is 0.253 e. The summed E-state index contributed by atoms with van der Waals surface area (Å²) in [5.41, 5.74) is 2.45. The van der Waals surface area contributed by atoms with E-state index in [2.05, 4.69) is 10.3 Å². The number of nitrogens with one attached hydrogen (secondary N) is 1. The number of aliphatic hydroxyl groups is 1. The van der Waals surface area contributed by atoms with E-state index >= 15 is 0 Å². The molecule has 5 nitrogen and oxygen atoms in total. The summed E-state index contributed by atoms with van der Waals surface area (Å²) < 4.78 is 26.9. The minimum Gasteiger partial charge on any atom is -0.387 e. The number of carbonyl (C=O) groups excluding carboxylic acids is 1. The number of halogens is 2. The second-order valence-corrected chi connectivity index (χ2v) is 7.34. The summed E-state index contributed by atoms with van der Waals surface area (Å²) in [6.45, 7) is 1.08. The number of nitrogens with zero attached hydrogens (tertiary/aromatic N) is 2. The van der Waals surface area contributed by atoms with Gasteiger partial charge in [0.05, 0.1) is 12.6 Å². The molecule has 0 aliphatic carbocycles. The molecule has 0 saturated heterocycles. The first-order chi connectivity index (χ1) is 14.9. The summed E-state index contributed by atoms with van der Waals surface area (Å²) >= 11 is 0. The van der Waals surface area contributed by atoms with Gasteiger partial charge in [0.15, 0.2) is 0 Å². The van der Waals surface area contributed by atoms with Gasteiger partial charge in [-0.05, 0) is 54.4 Å². The largest absolute Gasteiger partial charge is 0.387 e. The lowest BCUT2D eigenvalue weighted by Gasteiger charge is -2.17. The Hall–Kier alpha value is -3.16. The van der Waals surface area contributed by atoms with Gasteiger partial charge < -0.3 is 15.3 Å². The van der Waals surface area contributed by atoms with Crippen LogP contribution in [0, 0.1) is 11.8 Å². The fourth-order valence-corrected chi connectivity index (χ4v) is 3.20. The monoisotopic (exact) mass is 425 g/mol. The van der Waals surface area contributed by atoms with Gasteiger partial charge in [0, 0.05) is 30.9 Å². The zero-order valence-corrected chi connectivity index (χ0v) is 17.3. The van der Waals surface area contributed by atoms with Gasteiger partial charge in [-0.3, -0.25) is 4.79 Å². The highest BCUT2D eigenvalue weighted by atomic mass is 19.1. The van der Waals surface area contributed by atoms with Gasteiger partial charge in [-0.15, -0.1) is 0 Å². The Morgan fingerprint density at radius 2 is 1.90 bits per heavy atom. The first-order valence-corrected chi connectivity index (χ1v) is 10.0. The number of pyridine rings is 1. The molecule has 2 aromatic carbocycles. The van der Waals surface area contributed by atoms with Crippen molar-refractivity contribution >= 4 is 5.91 Å². The average molecular weight is 425 g/mol. The zero-order valence-electron chi connectivity index (χ0n) is 17.3. The third-order valence-electron chi connectivity index (χ3n) is 4.95. The molecule has 3 aromatic rings. The standard InChI is InChI=1S/C24H25F2N3O2/c1-29(16-20-5-3-12-28-23(20)26)24(31)18-9-7-17(8-10-18)11-13-27-15-22(30)19-4-2-6-21(25)14-19/h2-10,12,14,22,27,30H,11,13,15-16H2,1H3. The summed E-state index contributed by atoms with van der Waals surface area (Å²) in [7, 11) is 1.62. The molecule has 1 amide bonds. The van der Waals surface area contributed by atoms with Crippen molar-refractivity contribution in [2.24, 2.45) is 0 Å². The molecule has 0 aliphatic rings. The fourth-order valence-electron chi connectivity index (χ4n) is 3.20. The van der Waals surface area contributed by atoms with Crippen molar-refractivity contribution in [3.05, 3.63) is 101 Å². The number of carbonyl (C=O) groups is 1. The van der Waals surface area contributed by atoms with E-state index in [0.29, 0.717) is 36.2 Å². The maximum absolute atomic E-state index is 13.7. The molecule has 162 valence electrons. The Kier molecular flexibility index (Phi) is 7.81. The number of hydrogen-bond donors (Lipinski definition) is 2. The van der Waals surface area contributed by atoms with E-state index in [-0.39, 0.29) is 18.3 Å². The van der Waals surface area contributed by atoms with Crippen LogP contribution in [0.4, 0.5) is 8.78 Å². The second kappa shape index (κ2) is 10.7. The molecule has 0 spiro atoms. The molecule has 0 saturated carbocycles. The molecule has 0 fully saturated rings. The molecule has 2 N–H and O–H groups in total. The summed E-state index contributed by atoms with van der Waals surface area (Å²) in [6.07, 6.45) is 1.30. The Morgan fingerprint density at radius 3 is 2.61 bits per heavy atom. The van der Waals surface area contributed by atoms with E-state index in [1.807, 2.05) is 12.1 Å². The lowest BCUT2D eigenvalue weighted by atomic mass is 10.1. The van der Waals surface area contributed by atoms with Crippen molar-refractivity contribution < 1.29 is 18.7 Å². The average Bonchev–Trinajstić information content (AvgIpc) is 2.78. The van der Waals surface area contributed by atoms with Crippen molar-refractivity contribution in [2.75, 3.05) is 20.1 Å². The third-order valence-corrected chi connectivity index (χ3v) is 4.95. The van der Waals surface area contributed by atoms with Gasteiger partial charge in [0.2, 0.25) is 5.95 Å². The molecule has 31 heavy (non-hydrogen) atoms. The van der Waals surface area contributed by atoms with Gasteiger partial charge in [-0.2, -0.15) is 4.39 Å². The normalized spacial score (nSPS) is 11.9. The van der Waals surface area contributed by atoms with Crippen molar-refractivity contribution in [1.82, 2.24) is 15.2 Å². The van der Waals surface area contributed by atoms with Gasteiger partial charge in [0.25, 0.3) is 5.91 Å². The first-order valence-electron chi connectivity index (χ1n) is 10.0. The van der Waals surface area contributed by atoms with E-state index in [9.17, 15) is 18.7 Å². The Morgan fingerprint density at radius 1 is 1.13 bits per heavy atom. The Bertz CT molecular complexity index is 1010. The van der Waals surface area contributed by atoms with Crippen LogP contribution in [0.1, 0.15) is 33.2 Å². The molecular formula is C24H25F2N3O2. The molecule has 1 atom stereocenters. The number of aromatic nitrogens is 1. The van der Waals surface area contributed by atoms with E-state index in [0.717, 1.165) is 5.56 Å². The van der Waals surface area contributed by atoms with Crippen LogP contribution in [0.3, 0.4) is 0 Å². The van der Waals surface area contributed by atoms with Gasteiger partial charge >= 0.3 is 0 Å². The molecule has 1 unspecified atom stereocenters. The summed E-state index contributed by atoms with van der Waals surface area (Å²) in [5, 5.41) is 13.3. The maximum atomic E-state index is 13.7. The van der Waals surface area contributed by atoms with Crippen molar-refractivity contribution in [3.63, 3.8) is 0 Å². The van der Waals surface area contributed by atoms with Gasteiger partial charge in [0.1, 0.15) is 5.82 Å². The maximum Gasteiger partial charge on any atom is 0.253 e. The topological polar surface area (TPSA) is 65.5 Å². The highest BCUT2D eigenvalue weighted by Crippen LogP contribution is 2.14. The molecule has 7 heteroatoms. The summed E-state index contributed by atoms with van der Waals surface area (Å²) in [6, 6.07) is 16.4. The Balaban J connectivity index is 1.46. The highest BCUT2D eigenvalue weighted by molar-refractivity contribution is 5.94. The first kappa shape index (κ1) is 22.5. The lowest BCUT2D eigenvalue weighted by molar-refractivity contribution is 0.0783. The van der Waals surface area contributed by atoms with E-state index in [1.54, 1.807) is 43.4 Å². The quantitative estimate of drug-likeness (QED) is 0.407. The van der Waals surface area contributed by atoms with Crippen LogP contribution >= 0.6 is 0 Å². The molecule has 1 aromatic heterocycles. The molecule has 0 bridgehead atoms. The minimum atomic E-state index is -0.782. The Labute approximate surface area is 180 Å². The number of aliphatic hydroxyl groups excluding tert-OH is 1. The SMILES string of the molecule is CN(Cc1cccnc1F)C(=O)c1ccc(CCNCC(O)c2cccc(F)c2)cc1. The predicted octanol–water partition coefficient (Wildman–Crippen LogP) is 3.50. The van der Waals surface area contributed by atoms with Crippen molar-refractivity contribution in [1.29, 1.82) is 0 Å². The molecule has 0 radical (unpaired) electrons. The van der Waals surface area contributed by atoms with Crippen LogP contribution < -0.4 is 5.32 Å². The zero-order chi connectivity index (χ0) is 22.2. The fraction of sp³-hybridized carbons (Fsp3) is 0.250. The van der Waals surface area contributed by atoms with Crippen LogP contribution in [-0.2, 0) is 13.0 Å². The number of hydrogen-bond acceptors (Lipinski definition) is 4. The van der Waals surface area contributed by atoms with Crippen LogP contribution in [0.5, 0.6) is 0 Å². The summed E-state index contributed by atoms with van der Waals surface area (Å²) in [4.78, 5) is 17.6. The van der Waals surface area contributed by atoms with Crippen LogP contribution in [0.25, 0.3) is 0 Å². The lowest BCUT2D eigenvalue weighted by Crippen LogP contribution is -2.26. The van der Waals surface area contributed by atoms with Crippen molar-refractivity contribution in [2.45, 2.75) is 19.1 Å². The summed E-state index contributed by atoms with van der Waals surface area (Å²) in [5.74, 6) is -1.15. The predicted molar refractivity (Wildman–Crippen MR) is 114 cm³/mol. The molecule has 0 aliphatic heterocycles. The van der Waals surface area contributed by atoms with Gasteiger partial charge in [-0.25, -0.2) is 9.37 Å². The third kappa shape index (κ3) is 6.41. The molecular weight excluding hydrogens is 400 g/mol. The molecule has 1 heterocycles. The van der Waals surface area contributed by atoms with Crippen LogP contribution in [-0.4, -0.2) is 41.0 Å². The van der Waals surface area contributed by atoms with Crippen LogP contribution in [0.2, 0.25) is 0 Å². The number of amides is 1. The van der Waals surface area contributed by atoms with E-state index < -0.39 is 12.1 Å². The van der Waals surface area contributed by atoms with E-state index in [4.69, 9.17) is 0 Å². The van der Waals surface area contributed by atoms with Crippen molar-refractivity contribution in [3.8, 4) is 0 Å². The van der Waals surface area contributed by atoms with Gasteiger partial charge in [-0.1, -0.05) is 30.3 Å². The number of rotatable bonds is 9. The van der Waals surface area contributed by atoms with Crippen LogP contribution in [0.15, 0.2) is 66.9 Å². The molecule has 3 rings (SSSR count).